The quantitative estimate of drug-likeness (QED) is 0.776. The van der Waals surface area contributed by atoms with Gasteiger partial charge in [0.15, 0.2) is 6.04 Å². The summed E-state index contributed by atoms with van der Waals surface area (Å²) in [6.07, 6.45) is 0.696. The molecule has 1 aliphatic rings. The number of benzene rings is 2. The Morgan fingerprint density at radius 1 is 1.12 bits per heavy atom. The highest BCUT2D eigenvalue weighted by molar-refractivity contribution is 5.95. The molecule has 5 nitrogen and oxygen atoms in total. The Hall–Kier alpha value is -2.66. The van der Waals surface area contributed by atoms with Gasteiger partial charge in [0.2, 0.25) is 5.91 Å². The van der Waals surface area contributed by atoms with Crippen LogP contribution < -0.4 is 16.0 Å². The van der Waals surface area contributed by atoms with Gasteiger partial charge >= 0.3 is 0 Å². The van der Waals surface area contributed by atoms with E-state index in [2.05, 4.69) is 22.8 Å². The summed E-state index contributed by atoms with van der Waals surface area (Å²) < 4.78 is 0. The maximum atomic E-state index is 12.3. The predicted molar refractivity (Wildman–Crippen MR) is 92.4 cm³/mol. The molecule has 4 N–H and O–H groups in total. The van der Waals surface area contributed by atoms with Crippen LogP contribution in [0.2, 0.25) is 0 Å². The monoisotopic (exact) mass is 324 g/mol. The molecule has 1 heterocycles. The van der Waals surface area contributed by atoms with Gasteiger partial charge in [0, 0.05) is 17.7 Å². The summed E-state index contributed by atoms with van der Waals surface area (Å²) >= 11 is 0. The summed E-state index contributed by atoms with van der Waals surface area (Å²) in [5.74, 6) is -0.311. The molecule has 24 heavy (non-hydrogen) atoms. The lowest BCUT2D eigenvalue weighted by atomic mass is 9.95. The first-order valence-electron chi connectivity index (χ1n) is 8.16. The van der Waals surface area contributed by atoms with E-state index < -0.39 is 0 Å². The van der Waals surface area contributed by atoms with Crippen molar-refractivity contribution >= 4 is 17.5 Å². The minimum Gasteiger partial charge on any atom is -0.342 e. The second-order valence-electron chi connectivity index (χ2n) is 6.15. The standard InChI is InChI=1S/C19H21N3O2/c1-13-5-4-8-16(9-13)22-18(23)12-21-19(24)17-10-14-6-2-3-7-15(14)11-20-17/h2-9,17,20H,10-12H2,1H3,(H,21,24)(H,22,23)/p+1/t17-/m0/s1. The van der Waals surface area contributed by atoms with Gasteiger partial charge < -0.3 is 16.0 Å². The Bertz CT molecular complexity index is 758. The smallest absolute Gasteiger partial charge is 0.279 e. The van der Waals surface area contributed by atoms with Gasteiger partial charge in [-0.05, 0) is 30.2 Å². The van der Waals surface area contributed by atoms with Gasteiger partial charge in [-0.3, -0.25) is 9.59 Å². The molecule has 0 spiro atoms. The van der Waals surface area contributed by atoms with Crippen molar-refractivity contribution in [1.82, 2.24) is 5.32 Å². The molecule has 3 rings (SSSR count). The van der Waals surface area contributed by atoms with Crippen molar-refractivity contribution in [3.8, 4) is 0 Å². The average Bonchev–Trinajstić information content (AvgIpc) is 2.59. The van der Waals surface area contributed by atoms with Gasteiger partial charge in [-0.2, -0.15) is 0 Å². The Kier molecular flexibility index (Phi) is 4.91. The van der Waals surface area contributed by atoms with Crippen molar-refractivity contribution in [3.05, 3.63) is 65.2 Å². The topological polar surface area (TPSA) is 74.8 Å². The molecule has 2 amide bonds. The van der Waals surface area contributed by atoms with Crippen LogP contribution >= 0.6 is 0 Å². The Balaban J connectivity index is 1.50. The zero-order chi connectivity index (χ0) is 16.9. The van der Waals surface area contributed by atoms with E-state index in [1.54, 1.807) is 0 Å². The van der Waals surface area contributed by atoms with Crippen LogP contribution in [-0.4, -0.2) is 24.4 Å². The number of carbonyl (C=O) groups excluding carboxylic acids is 2. The maximum Gasteiger partial charge on any atom is 0.279 e. The SMILES string of the molecule is Cc1cccc(NC(=O)CNC(=O)[C@@H]2Cc3ccccc3C[NH2+]2)c1. The summed E-state index contributed by atoms with van der Waals surface area (Å²) in [5.41, 5.74) is 4.31. The van der Waals surface area contributed by atoms with Gasteiger partial charge in [-0.1, -0.05) is 36.4 Å². The summed E-state index contributed by atoms with van der Waals surface area (Å²) in [5, 5.41) is 7.55. The molecule has 1 aliphatic heterocycles. The molecule has 0 aromatic heterocycles. The highest BCUT2D eigenvalue weighted by Gasteiger charge is 2.27. The molecule has 0 bridgehead atoms. The third-order valence-corrected chi connectivity index (χ3v) is 4.24. The maximum absolute atomic E-state index is 12.3. The van der Waals surface area contributed by atoms with E-state index in [4.69, 9.17) is 0 Å². The number of quaternary nitrogens is 1. The van der Waals surface area contributed by atoms with E-state index in [1.807, 2.05) is 48.6 Å². The van der Waals surface area contributed by atoms with E-state index in [-0.39, 0.29) is 24.4 Å². The second-order valence-corrected chi connectivity index (χ2v) is 6.15. The van der Waals surface area contributed by atoms with Crippen LogP contribution in [0.3, 0.4) is 0 Å². The number of anilines is 1. The van der Waals surface area contributed by atoms with Crippen LogP contribution in [0.5, 0.6) is 0 Å². The van der Waals surface area contributed by atoms with Crippen LogP contribution in [0.4, 0.5) is 5.69 Å². The number of amides is 2. The molecule has 0 saturated carbocycles. The van der Waals surface area contributed by atoms with E-state index >= 15 is 0 Å². The lowest BCUT2D eigenvalue weighted by Crippen LogP contribution is -2.93. The van der Waals surface area contributed by atoms with Crippen LogP contribution in [0.1, 0.15) is 16.7 Å². The number of nitrogens with two attached hydrogens (primary N) is 1. The molecule has 2 aromatic rings. The molecule has 124 valence electrons. The largest absolute Gasteiger partial charge is 0.342 e. The van der Waals surface area contributed by atoms with Gasteiger partial charge in [-0.15, -0.1) is 0 Å². The highest BCUT2D eigenvalue weighted by atomic mass is 16.2. The zero-order valence-corrected chi connectivity index (χ0v) is 13.7. The van der Waals surface area contributed by atoms with Crippen LogP contribution in [0.15, 0.2) is 48.5 Å². The number of hydrogen-bond acceptors (Lipinski definition) is 2. The number of carbonyl (C=O) groups is 2. The Morgan fingerprint density at radius 3 is 2.71 bits per heavy atom. The molecule has 0 fully saturated rings. The predicted octanol–water partition coefficient (Wildman–Crippen LogP) is 0.738. The first-order chi connectivity index (χ1) is 11.6. The number of rotatable bonds is 4. The number of hydrogen-bond donors (Lipinski definition) is 3. The lowest BCUT2D eigenvalue weighted by molar-refractivity contribution is -0.695. The van der Waals surface area contributed by atoms with Gasteiger partial charge in [0.1, 0.15) is 6.54 Å². The minimum absolute atomic E-state index is 0.0151. The van der Waals surface area contributed by atoms with Gasteiger partial charge in [-0.25, -0.2) is 0 Å². The highest BCUT2D eigenvalue weighted by Crippen LogP contribution is 2.12. The molecule has 1 atom stereocenters. The third kappa shape index (κ3) is 4.00. The zero-order valence-electron chi connectivity index (χ0n) is 13.7. The number of aryl methyl sites for hydroxylation is 1. The van der Waals surface area contributed by atoms with E-state index in [1.165, 1.54) is 11.1 Å². The fraction of sp³-hybridized carbons (Fsp3) is 0.263. The van der Waals surface area contributed by atoms with E-state index in [0.29, 0.717) is 6.42 Å². The number of nitrogens with one attached hydrogen (secondary N) is 2. The fourth-order valence-corrected chi connectivity index (χ4v) is 2.97. The first-order valence-corrected chi connectivity index (χ1v) is 8.16. The van der Waals surface area contributed by atoms with Crippen molar-refractivity contribution in [1.29, 1.82) is 0 Å². The number of fused-ring (bicyclic) bond motifs is 1. The second kappa shape index (κ2) is 7.27. The van der Waals surface area contributed by atoms with Crippen molar-refractivity contribution in [2.45, 2.75) is 25.9 Å². The fourth-order valence-electron chi connectivity index (χ4n) is 2.97. The van der Waals surface area contributed by atoms with Crippen LogP contribution in [0, 0.1) is 6.92 Å². The van der Waals surface area contributed by atoms with Crippen LogP contribution in [0.25, 0.3) is 0 Å². The summed E-state index contributed by atoms with van der Waals surface area (Å²) in [7, 11) is 0. The molecular formula is C19H22N3O2+. The van der Waals surface area contributed by atoms with Crippen LogP contribution in [-0.2, 0) is 22.6 Å². The molecule has 2 aromatic carbocycles. The summed E-state index contributed by atoms with van der Waals surface area (Å²) in [6.45, 7) is 2.75. The molecule has 0 radical (unpaired) electrons. The lowest BCUT2D eigenvalue weighted by Gasteiger charge is -2.22. The van der Waals surface area contributed by atoms with Gasteiger partial charge in [0.05, 0.1) is 6.54 Å². The van der Waals surface area contributed by atoms with Gasteiger partial charge in [0.25, 0.3) is 5.91 Å². The van der Waals surface area contributed by atoms with E-state index in [0.717, 1.165) is 17.8 Å². The third-order valence-electron chi connectivity index (χ3n) is 4.24. The van der Waals surface area contributed by atoms with Crippen molar-refractivity contribution < 1.29 is 14.9 Å². The molecular weight excluding hydrogens is 302 g/mol. The molecule has 0 aliphatic carbocycles. The summed E-state index contributed by atoms with van der Waals surface area (Å²) in [4.78, 5) is 24.3. The normalized spacial score (nSPS) is 16.1. The first kappa shape index (κ1) is 16.2. The molecule has 5 heteroatoms. The summed E-state index contributed by atoms with van der Waals surface area (Å²) in [6, 6.07) is 15.6. The molecule has 0 unspecified atom stereocenters. The van der Waals surface area contributed by atoms with Crippen molar-refractivity contribution in [2.24, 2.45) is 0 Å². The Morgan fingerprint density at radius 2 is 1.92 bits per heavy atom. The van der Waals surface area contributed by atoms with Crippen molar-refractivity contribution in [2.75, 3.05) is 11.9 Å². The van der Waals surface area contributed by atoms with E-state index in [9.17, 15) is 9.59 Å². The average molecular weight is 324 g/mol. The van der Waals surface area contributed by atoms with Crippen molar-refractivity contribution in [3.63, 3.8) is 0 Å². The Labute approximate surface area is 141 Å². The minimum atomic E-state index is -0.217. The molecule has 0 saturated heterocycles.